The number of allylic oxidation sites excluding steroid dienone is 2. The largest absolute Gasteiger partial charge is 0.466 e. The second-order valence-electron chi connectivity index (χ2n) is 7.29. The number of hydrogen-bond donors (Lipinski definition) is 0. The zero-order chi connectivity index (χ0) is 15.8. The van der Waals surface area contributed by atoms with Crippen molar-refractivity contribution in [2.45, 2.75) is 78.1 Å². The summed E-state index contributed by atoms with van der Waals surface area (Å²) < 4.78 is 5.18. The Labute approximate surface area is 136 Å². The van der Waals surface area contributed by atoms with Gasteiger partial charge in [0, 0.05) is 0 Å². The van der Waals surface area contributed by atoms with Crippen LogP contribution in [0.15, 0.2) is 12.2 Å². The molecule has 2 nitrogen and oxygen atoms in total. The quantitative estimate of drug-likeness (QED) is 0.477. The molecule has 0 bridgehead atoms. The summed E-state index contributed by atoms with van der Waals surface area (Å²) in [5, 5.41) is 0. The molecule has 0 radical (unpaired) electrons. The van der Waals surface area contributed by atoms with Crippen molar-refractivity contribution >= 4 is 5.97 Å². The zero-order valence-corrected chi connectivity index (χ0v) is 14.6. The Morgan fingerprint density at radius 3 is 2.14 bits per heavy atom. The second kappa shape index (κ2) is 9.37. The number of rotatable bonds is 6. The Bertz CT molecular complexity index is 345. The van der Waals surface area contributed by atoms with Crippen LogP contribution < -0.4 is 0 Å². The number of carbonyl (C=O) groups is 1. The zero-order valence-electron chi connectivity index (χ0n) is 14.6. The summed E-state index contributed by atoms with van der Waals surface area (Å²) in [6, 6.07) is 0. The Balaban J connectivity index is 1.67. The first kappa shape index (κ1) is 17.6. The minimum Gasteiger partial charge on any atom is -0.466 e. The van der Waals surface area contributed by atoms with Gasteiger partial charge >= 0.3 is 5.97 Å². The molecule has 2 fully saturated rings. The predicted octanol–water partition coefficient (Wildman–Crippen LogP) is 5.52. The monoisotopic (exact) mass is 306 g/mol. The van der Waals surface area contributed by atoms with Crippen LogP contribution in [0.4, 0.5) is 0 Å². The van der Waals surface area contributed by atoms with Crippen molar-refractivity contribution in [1.82, 2.24) is 0 Å². The Kier molecular flexibility index (Phi) is 7.48. The first-order chi connectivity index (χ1) is 10.7. The summed E-state index contributed by atoms with van der Waals surface area (Å²) in [5.41, 5.74) is 0. The molecule has 0 N–H and O–H groups in total. The van der Waals surface area contributed by atoms with Gasteiger partial charge in [0.2, 0.25) is 0 Å². The molecule has 0 atom stereocenters. The normalized spacial score (nSPS) is 33.0. The molecule has 2 saturated carbocycles. The van der Waals surface area contributed by atoms with Crippen LogP contribution in [-0.4, -0.2) is 12.6 Å². The molecule has 2 heteroatoms. The molecule has 22 heavy (non-hydrogen) atoms. The van der Waals surface area contributed by atoms with E-state index in [0.717, 1.165) is 30.6 Å². The lowest BCUT2D eigenvalue weighted by Gasteiger charge is -2.37. The number of ether oxygens (including phenoxy) is 1. The lowest BCUT2D eigenvalue weighted by Crippen LogP contribution is -2.29. The van der Waals surface area contributed by atoms with Crippen LogP contribution in [0.25, 0.3) is 0 Å². The predicted molar refractivity (Wildman–Crippen MR) is 91.6 cm³/mol. The van der Waals surface area contributed by atoms with Gasteiger partial charge in [0.25, 0.3) is 0 Å². The molecule has 0 aromatic rings. The SMILES string of the molecule is C/C=C/CCC1CCC(C2CCC(C(=O)OCC)CC2)CC1. The minimum atomic E-state index is 0.0497. The molecule has 2 aliphatic carbocycles. The van der Waals surface area contributed by atoms with Gasteiger partial charge in [-0.15, -0.1) is 0 Å². The Morgan fingerprint density at radius 2 is 1.59 bits per heavy atom. The molecule has 2 rings (SSSR count). The lowest BCUT2D eigenvalue weighted by molar-refractivity contribution is -0.149. The topological polar surface area (TPSA) is 26.3 Å². The van der Waals surface area contributed by atoms with Crippen molar-refractivity contribution in [2.24, 2.45) is 23.7 Å². The van der Waals surface area contributed by atoms with Crippen molar-refractivity contribution in [2.75, 3.05) is 6.61 Å². The summed E-state index contributed by atoms with van der Waals surface area (Å²) in [5.74, 6) is 3.01. The van der Waals surface area contributed by atoms with Crippen LogP contribution in [0.5, 0.6) is 0 Å². The lowest BCUT2D eigenvalue weighted by atomic mass is 9.68. The average molecular weight is 306 g/mol. The standard InChI is InChI=1S/C20H34O2/c1-3-5-6-7-16-8-10-17(11-9-16)18-12-14-19(15-13-18)20(21)22-4-2/h3,5,16-19H,4,6-15H2,1-2H3/b5-3+. The molecule has 0 aromatic heterocycles. The van der Waals surface area contributed by atoms with Crippen LogP contribution in [0, 0.1) is 23.7 Å². The van der Waals surface area contributed by atoms with Gasteiger partial charge < -0.3 is 4.74 Å². The van der Waals surface area contributed by atoms with Gasteiger partial charge in [-0.3, -0.25) is 4.79 Å². The smallest absolute Gasteiger partial charge is 0.308 e. The first-order valence-electron chi connectivity index (χ1n) is 9.52. The Hall–Kier alpha value is -0.790. The van der Waals surface area contributed by atoms with Crippen molar-refractivity contribution < 1.29 is 9.53 Å². The average Bonchev–Trinajstić information content (AvgIpc) is 2.56. The Morgan fingerprint density at radius 1 is 1.00 bits per heavy atom. The number of carbonyl (C=O) groups excluding carboxylic acids is 1. The van der Waals surface area contributed by atoms with E-state index in [1.54, 1.807) is 0 Å². The minimum absolute atomic E-state index is 0.0497. The highest BCUT2D eigenvalue weighted by molar-refractivity contribution is 5.72. The second-order valence-corrected chi connectivity index (χ2v) is 7.29. The molecule has 126 valence electrons. The molecule has 0 heterocycles. The van der Waals surface area contributed by atoms with Gasteiger partial charge in [-0.05, 0) is 83.0 Å². The molecule has 0 aromatic carbocycles. The molecule has 0 spiro atoms. The van der Waals surface area contributed by atoms with E-state index in [-0.39, 0.29) is 11.9 Å². The fraction of sp³-hybridized carbons (Fsp3) is 0.850. The van der Waals surface area contributed by atoms with Crippen LogP contribution >= 0.6 is 0 Å². The third kappa shape index (κ3) is 5.14. The molecule has 0 aliphatic heterocycles. The molecule has 2 aliphatic rings. The van der Waals surface area contributed by atoms with Gasteiger partial charge in [-0.25, -0.2) is 0 Å². The molecular formula is C20H34O2. The van der Waals surface area contributed by atoms with E-state index >= 15 is 0 Å². The third-order valence-corrected chi connectivity index (χ3v) is 5.93. The van der Waals surface area contributed by atoms with Crippen molar-refractivity contribution in [3.05, 3.63) is 12.2 Å². The summed E-state index contributed by atoms with van der Waals surface area (Å²) >= 11 is 0. The van der Waals surface area contributed by atoms with E-state index in [0.29, 0.717) is 6.61 Å². The molecule has 0 amide bonds. The van der Waals surface area contributed by atoms with Crippen LogP contribution in [0.1, 0.15) is 78.1 Å². The van der Waals surface area contributed by atoms with Crippen molar-refractivity contribution in [1.29, 1.82) is 0 Å². The number of hydrogen-bond acceptors (Lipinski definition) is 2. The summed E-state index contributed by atoms with van der Waals surface area (Å²) in [4.78, 5) is 11.8. The van der Waals surface area contributed by atoms with Crippen molar-refractivity contribution in [3.63, 3.8) is 0 Å². The first-order valence-corrected chi connectivity index (χ1v) is 9.52. The van der Waals surface area contributed by atoms with Gasteiger partial charge in [0.1, 0.15) is 0 Å². The van der Waals surface area contributed by atoms with E-state index in [1.165, 1.54) is 51.4 Å². The molecule has 0 saturated heterocycles. The van der Waals surface area contributed by atoms with Crippen LogP contribution in [0.2, 0.25) is 0 Å². The van der Waals surface area contributed by atoms with E-state index in [2.05, 4.69) is 19.1 Å². The fourth-order valence-corrected chi connectivity index (χ4v) is 4.53. The van der Waals surface area contributed by atoms with Gasteiger partial charge in [0.05, 0.1) is 12.5 Å². The molecule has 0 unspecified atom stereocenters. The fourth-order valence-electron chi connectivity index (χ4n) is 4.53. The maximum Gasteiger partial charge on any atom is 0.308 e. The summed E-state index contributed by atoms with van der Waals surface area (Å²) in [6.45, 7) is 4.54. The highest BCUT2D eigenvalue weighted by Crippen LogP contribution is 2.42. The van der Waals surface area contributed by atoms with Gasteiger partial charge in [-0.2, -0.15) is 0 Å². The highest BCUT2D eigenvalue weighted by Gasteiger charge is 2.33. The highest BCUT2D eigenvalue weighted by atomic mass is 16.5. The van der Waals surface area contributed by atoms with Gasteiger partial charge in [-0.1, -0.05) is 25.0 Å². The van der Waals surface area contributed by atoms with Crippen LogP contribution in [-0.2, 0) is 9.53 Å². The van der Waals surface area contributed by atoms with E-state index < -0.39 is 0 Å². The van der Waals surface area contributed by atoms with Crippen LogP contribution in [0.3, 0.4) is 0 Å². The van der Waals surface area contributed by atoms with E-state index in [1.807, 2.05) is 6.92 Å². The van der Waals surface area contributed by atoms with E-state index in [9.17, 15) is 4.79 Å². The third-order valence-electron chi connectivity index (χ3n) is 5.93. The summed E-state index contributed by atoms with van der Waals surface area (Å²) in [7, 11) is 0. The maximum atomic E-state index is 11.8. The summed E-state index contributed by atoms with van der Waals surface area (Å²) in [6.07, 6.45) is 17.5. The van der Waals surface area contributed by atoms with E-state index in [4.69, 9.17) is 4.74 Å². The van der Waals surface area contributed by atoms with Crippen molar-refractivity contribution in [3.8, 4) is 0 Å². The molecular weight excluding hydrogens is 272 g/mol. The van der Waals surface area contributed by atoms with Gasteiger partial charge in [0.15, 0.2) is 0 Å². The number of esters is 1. The maximum absolute atomic E-state index is 11.8.